The highest BCUT2D eigenvalue weighted by Crippen LogP contribution is 2.31. The number of nitrogen functional groups attached to an aromatic ring is 1. The number of likely N-dealkylation sites (N-methyl/N-ethyl adjacent to an activating group) is 1. The Balaban J connectivity index is 2.45. The molecule has 1 unspecified atom stereocenters. The summed E-state index contributed by atoms with van der Waals surface area (Å²) in [6, 6.07) is 3.96. The van der Waals surface area contributed by atoms with E-state index in [4.69, 9.17) is 10.9 Å². The van der Waals surface area contributed by atoms with E-state index < -0.39 is 10.0 Å². The first-order valence-corrected chi connectivity index (χ1v) is 8.30. The molecule has 5 N–H and O–H groups in total. The number of nitrogens with zero attached hydrogens (tertiary/aromatic N) is 1. The van der Waals surface area contributed by atoms with Crippen LogP contribution in [0.2, 0.25) is 0 Å². The van der Waals surface area contributed by atoms with Gasteiger partial charge in [0.2, 0.25) is 15.9 Å². The summed E-state index contributed by atoms with van der Waals surface area (Å²) in [5.74, 6) is -0.102. The fourth-order valence-corrected chi connectivity index (χ4v) is 3.14. The molecule has 0 spiro atoms. The third-order valence-electron chi connectivity index (χ3n) is 3.69. The summed E-state index contributed by atoms with van der Waals surface area (Å²) in [6.45, 7) is 0.649. The van der Waals surface area contributed by atoms with Crippen LogP contribution in [-0.2, 0) is 14.8 Å². The topological polar surface area (TPSA) is 119 Å². The summed E-state index contributed by atoms with van der Waals surface area (Å²) in [5.41, 5.74) is 6.92. The third kappa shape index (κ3) is 3.27. The van der Waals surface area contributed by atoms with Crippen LogP contribution in [-0.4, -0.2) is 34.0 Å². The number of hydrogen-bond donors (Lipinski definition) is 3. The maximum absolute atomic E-state index is 12.0. The van der Waals surface area contributed by atoms with Gasteiger partial charge in [0.25, 0.3) is 0 Å². The highest BCUT2D eigenvalue weighted by Gasteiger charge is 2.29. The molecular formula is C13H20N4O3S. The summed E-state index contributed by atoms with van der Waals surface area (Å²) in [6.07, 6.45) is 2.58. The van der Waals surface area contributed by atoms with E-state index >= 15 is 0 Å². The summed E-state index contributed by atoms with van der Waals surface area (Å²) in [4.78, 5) is 13.9. The maximum atomic E-state index is 12.0. The first kappa shape index (κ1) is 15.6. The zero-order chi connectivity index (χ0) is 15.6. The van der Waals surface area contributed by atoms with Crippen LogP contribution >= 0.6 is 0 Å². The molecule has 7 nitrogen and oxygen atoms in total. The molecule has 0 aliphatic carbocycles. The van der Waals surface area contributed by atoms with Gasteiger partial charge in [-0.05, 0) is 37.5 Å². The number of rotatable bonds is 3. The Hall–Kier alpha value is -1.80. The molecule has 0 radical (unpaired) electrons. The van der Waals surface area contributed by atoms with E-state index in [1.54, 1.807) is 7.05 Å². The highest BCUT2D eigenvalue weighted by molar-refractivity contribution is 7.89. The molecular weight excluding hydrogens is 292 g/mol. The largest absolute Gasteiger partial charge is 0.397 e. The lowest BCUT2D eigenvalue weighted by molar-refractivity contribution is -0.122. The molecule has 1 aliphatic rings. The average Bonchev–Trinajstić information content (AvgIpc) is 2.45. The van der Waals surface area contributed by atoms with Crippen LogP contribution in [0.3, 0.4) is 0 Å². The van der Waals surface area contributed by atoms with E-state index in [0.29, 0.717) is 24.3 Å². The van der Waals surface area contributed by atoms with E-state index in [9.17, 15) is 13.2 Å². The van der Waals surface area contributed by atoms with Gasteiger partial charge >= 0.3 is 0 Å². The molecule has 8 heteroatoms. The Morgan fingerprint density at radius 3 is 2.71 bits per heavy atom. The molecule has 1 aromatic rings. The van der Waals surface area contributed by atoms with E-state index in [-0.39, 0.29) is 16.8 Å². The number of sulfonamides is 1. The highest BCUT2D eigenvalue weighted by atomic mass is 32.2. The van der Waals surface area contributed by atoms with Crippen molar-refractivity contribution in [3.05, 3.63) is 18.2 Å². The number of anilines is 2. The predicted molar refractivity (Wildman–Crippen MR) is 81.3 cm³/mol. The van der Waals surface area contributed by atoms with Crippen LogP contribution in [0.15, 0.2) is 23.1 Å². The van der Waals surface area contributed by atoms with Gasteiger partial charge in [-0.15, -0.1) is 0 Å². The van der Waals surface area contributed by atoms with Crippen LogP contribution in [0.4, 0.5) is 11.4 Å². The molecule has 2 rings (SSSR count). The number of carbonyl (C=O) groups excluding carboxylic acids is 1. The molecule has 0 bridgehead atoms. The Morgan fingerprint density at radius 2 is 2.10 bits per heavy atom. The average molecular weight is 312 g/mol. The van der Waals surface area contributed by atoms with Crippen molar-refractivity contribution in [1.82, 2.24) is 5.32 Å². The second-order valence-electron chi connectivity index (χ2n) is 5.08. The third-order valence-corrected chi connectivity index (χ3v) is 4.60. The van der Waals surface area contributed by atoms with Gasteiger partial charge in [-0.25, -0.2) is 13.6 Å². The number of piperidine rings is 1. The van der Waals surface area contributed by atoms with E-state index in [1.165, 1.54) is 18.2 Å². The number of hydrogen-bond acceptors (Lipinski definition) is 5. The smallest absolute Gasteiger partial charge is 0.242 e. The van der Waals surface area contributed by atoms with Crippen molar-refractivity contribution in [1.29, 1.82) is 0 Å². The minimum Gasteiger partial charge on any atom is -0.397 e. The van der Waals surface area contributed by atoms with Crippen LogP contribution in [0.25, 0.3) is 0 Å². The van der Waals surface area contributed by atoms with E-state index in [1.807, 2.05) is 4.90 Å². The van der Waals surface area contributed by atoms with Crippen LogP contribution in [0, 0.1) is 0 Å². The second-order valence-corrected chi connectivity index (χ2v) is 6.65. The summed E-state index contributed by atoms with van der Waals surface area (Å²) < 4.78 is 23.0. The van der Waals surface area contributed by atoms with Gasteiger partial charge in [-0.3, -0.25) is 4.79 Å². The van der Waals surface area contributed by atoms with Gasteiger partial charge in [0, 0.05) is 13.6 Å². The normalized spacial score (nSPS) is 19.3. The quantitative estimate of drug-likeness (QED) is 0.680. The molecule has 1 aromatic carbocycles. The van der Waals surface area contributed by atoms with Gasteiger partial charge in [0.1, 0.15) is 6.04 Å². The zero-order valence-corrected chi connectivity index (χ0v) is 12.7. The van der Waals surface area contributed by atoms with E-state index in [0.717, 1.165) is 12.8 Å². The van der Waals surface area contributed by atoms with Crippen LogP contribution in [0.1, 0.15) is 19.3 Å². The van der Waals surface area contributed by atoms with Gasteiger partial charge in [0.15, 0.2) is 0 Å². The van der Waals surface area contributed by atoms with Gasteiger partial charge < -0.3 is 16.0 Å². The molecule has 0 aromatic heterocycles. The van der Waals surface area contributed by atoms with Crippen molar-refractivity contribution in [3.8, 4) is 0 Å². The summed E-state index contributed by atoms with van der Waals surface area (Å²) >= 11 is 0. The maximum Gasteiger partial charge on any atom is 0.242 e. The van der Waals surface area contributed by atoms with Crippen molar-refractivity contribution in [2.45, 2.75) is 30.2 Å². The van der Waals surface area contributed by atoms with Crippen LogP contribution < -0.4 is 21.1 Å². The fraction of sp³-hybridized carbons (Fsp3) is 0.462. The fourth-order valence-electron chi connectivity index (χ4n) is 2.61. The predicted octanol–water partition coefficient (Wildman–Crippen LogP) is 0.0211. The molecule has 1 atom stereocenters. The molecule has 1 amide bonds. The van der Waals surface area contributed by atoms with Gasteiger partial charge in [0.05, 0.1) is 16.3 Å². The van der Waals surface area contributed by atoms with Crippen molar-refractivity contribution < 1.29 is 13.2 Å². The van der Waals surface area contributed by atoms with E-state index in [2.05, 4.69) is 5.32 Å². The number of primary sulfonamides is 1. The Morgan fingerprint density at radius 1 is 1.38 bits per heavy atom. The molecule has 116 valence electrons. The first-order valence-electron chi connectivity index (χ1n) is 6.75. The second kappa shape index (κ2) is 5.90. The lowest BCUT2D eigenvalue weighted by Gasteiger charge is -2.37. The molecule has 0 saturated carbocycles. The Kier molecular flexibility index (Phi) is 4.38. The lowest BCUT2D eigenvalue weighted by atomic mass is 10.00. The molecule has 21 heavy (non-hydrogen) atoms. The number of carbonyl (C=O) groups is 1. The van der Waals surface area contributed by atoms with Crippen LogP contribution in [0.5, 0.6) is 0 Å². The SMILES string of the molecule is CNC(=O)C1CCCCN1c1cc(S(N)(=O)=O)ccc1N. The zero-order valence-electron chi connectivity index (χ0n) is 11.9. The minimum atomic E-state index is -3.81. The Labute approximate surface area is 124 Å². The van der Waals surface area contributed by atoms with Crippen molar-refractivity contribution in [2.24, 2.45) is 5.14 Å². The number of benzene rings is 1. The number of nitrogens with one attached hydrogen (secondary N) is 1. The molecule has 1 heterocycles. The van der Waals surface area contributed by atoms with Crippen molar-refractivity contribution >= 4 is 27.3 Å². The Bertz CT molecular complexity index is 645. The van der Waals surface area contributed by atoms with Gasteiger partial charge in [-0.1, -0.05) is 0 Å². The monoisotopic (exact) mass is 312 g/mol. The van der Waals surface area contributed by atoms with Crippen molar-refractivity contribution in [2.75, 3.05) is 24.2 Å². The van der Waals surface area contributed by atoms with Crippen molar-refractivity contribution in [3.63, 3.8) is 0 Å². The minimum absolute atomic E-state index is 0.00655. The summed E-state index contributed by atoms with van der Waals surface area (Å²) in [5, 5.41) is 7.79. The lowest BCUT2D eigenvalue weighted by Crippen LogP contribution is -2.49. The molecule has 1 fully saturated rings. The molecule has 1 saturated heterocycles. The molecule has 1 aliphatic heterocycles. The first-order chi connectivity index (χ1) is 9.84. The van der Waals surface area contributed by atoms with Gasteiger partial charge in [-0.2, -0.15) is 0 Å². The number of nitrogens with two attached hydrogens (primary N) is 2. The summed E-state index contributed by atoms with van der Waals surface area (Å²) in [7, 11) is -2.22. The number of amides is 1. The standard InChI is InChI=1S/C13H20N4O3S/c1-16-13(18)11-4-2-3-7-17(11)12-8-9(21(15,19)20)5-6-10(12)14/h5-6,8,11H,2-4,7,14H2,1H3,(H,16,18)(H2,15,19,20).